The van der Waals surface area contributed by atoms with Crippen LogP contribution in [0, 0.1) is 18.3 Å². The fourth-order valence-corrected chi connectivity index (χ4v) is 6.59. The number of para-hydroxylation sites is 1. The van der Waals surface area contributed by atoms with Crippen LogP contribution in [-0.2, 0) is 0 Å². The second-order valence-corrected chi connectivity index (χ2v) is 11.9. The van der Waals surface area contributed by atoms with E-state index >= 15 is 0 Å². The first kappa shape index (κ1) is 26.0. The van der Waals surface area contributed by atoms with E-state index in [1.54, 1.807) is 36.4 Å². The number of fused-ring (bicyclic) bond motifs is 1. The van der Waals surface area contributed by atoms with Crippen LogP contribution in [0.5, 0.6) is 0 Å². The van der Waals surface area contributed by atoms with Crippen molar-refractivity contribution in [1.82, 2.24) is 9.88 Å². The van der Waals surface area contributed by atoms with Gasteiger partial charge in [-0.2, -0.15) is 0 Å². The molecule has 1 aliphatic carbocycles. The number of thiazole rings is 1. The summed E-state index contributed by atoms with van der Waals surface area (Å²) >= 11 is 3.28. The second kappa shape index (κ2) is 10.9. The van der Waals surface area contributed by atoms with Gasteiger partial charge in [0.05, 0.1) is 20.6 Å². The monoisotopic (exact) mass is 515 g/mol. The van der Waals surface area contributed by atoms with E-state index in [9.17, 15) is 8.78 Å². The van der Waals surface area contributed by atoms with E-state index in [2.05, 4.69) is 70.6 Å². The molecule has 3 aromatic rings. The van der Waals surface area contributed by atoms with E-state index < -0.39 is 11.8 Å². The predicted molar refractivity (Wildman–Crippen MR) is 147 cm³/mol. The molecular formula is C28H35F2N3S2. The third kappa shape index (κ3) is 6.56. The number of hydrogen-bond acceptors (Lipinski definition) is 5. The van der Waals surface area contributed by atoms with Crippen molar-refractivity contribution >= 4 is 39.2 Å². The molecule has 1 saturated heterocycles. The Kier molecular flexibility index (Phi) is 8.06. The zero-order chi connectivity index (χ0) is 25.1. The van der Waals surface area contributed by atoms with E-state index in [4.69, 9.17) is 0 Å². The molecule has 2 aromatic carbocycles. The van der Waals surface area contributed by atoms with Crippen molar-refractivity contribution in [1.29, 1.82) is 0 Å². The molecule has 1 aromatic heterocycles. The first-order chi connectivity index (χ1) is 16.7. The highest BCUT2D eigenvalue weighted by molar-refractivity contribution is 8.00. The van der Waals surface area contributed by atoms with Crippen LogP contribution in [0.1, 0.15) is 45.1 Å². The van der Waals surface area contributed by atoms with Gasteiger partial charge in [0, 0.05) is 18.8 Å². The highest BCUT2D eigenvalue weighted by Gasteiger charge is 2.56. The molecule has 3 atom stereocenters. The Bertz CT molecular complexity index is 1120. The van der Waals surface area contributed by atoms with E-state index in [0.717, 1.165) is 35.6 Å². The summed E-state index contributed by atoms with van der Waals surface area (Å²) in [5.74, 6) is 0.0764. The lowest BCUT2D eigenvalue weighted by Crippen LogP contribution is -2.40. The quantitative estimate of drug-likeness (QED) is 0.320. The maximum atomic E-state index is 14.7. The van der Waals surface area contributed by atoms with Crippen molar-refractivity contribution in [2.24, 2.45) is 11.3 Å². The van der Waals surface area contributed by atoms with Gasteiger partial charge in [0.2, 0.25) is 0 Å². The molecule has 3 unspecified atom stereocenters. The SMILES string of the molecule is C=CN1CCC(F)(CC2(C)CC2C(C)F)CC1.Cc1ccc(NSc2cccc3scnc23)cc1. The fourth-order valence-electron chi connectivity index (χ4n) is 5.05. The molecule has 1 saturated carbocycles. The first-order valence-corrected chi connectivity index (χ1v) is 13.9. The lowest BCUT2D eigenvalue weighted by Gasteiger charge is -2.37. The number of halogens is 2. The van der Waals surface area contributed by atoms with Crippen molar-refractivity contribution in [3.8, 4) is 0 Å². The molecule has 2 aliphatic rings. The lowest BCUT2D eigenvalue weighted by atomic mass is 9.82. The molecule has 1 N–H and O–H groups in total. The van der Waals surface area contributed by atoms with Crippen LogP contribution in [0.2, 0.25) is 0 Å². The number of hydrogen-bond donors (Lipinski definition) is 1. The molecule has 0 radical (unpaired) electrons. The summed E-state index contributed by atoms with van der Waals surface area (Å²) in [5.41, 5.74) is 4.16. The molecule has 1 aliphatic heterocycles. The average molecular weight is 516 g/mol. The van der Waals surface area contributed by atoms with E-state index in [1.807, 2.05) is 12.4 Å². The minimum absolute atomic E-state index is 0.0764. The average Bonchev–Trinajstić information content (AvgIpc) is 3.26. The minimum atomic E-state index is -1.09. The van der Waals surface area contributed by atoms with Gasteiger partial charge in [-0.05, 0) is 93.3 Å². The Labute approximate surface area is 216 Å². The lowest BCUT2D eigenvalue weighted by molar-refractivity contribution is 0.0449. The molecule has 5 rings (SSSR count). The summed E-state index contributed by atoms with van der Waals surface area (Å²) in [6.45, 7) is 10.9. The van der Waals surface area contributed by atoms with Gasteiger partial charge in [0.25, 0.3) is 0 Å². The first-order valence-electron chi connectivity index (χ1n) is 12.2. The van der Waals surface area contributed by atoms with Crippen LogP contribution < -0.4 is 4.72 Å². The maximum Gasteiger partial charge on any atom is 0.115 e. The van der Waals surface area contributed by atoms with E-state index in [1.165, 1.54) is 10.3 Å². The van der Waals surface area contributed by atoms with Crippen molar-refractivity contribution in [2.75, 3.05) is 17.8 Å². The summed E-state index contributed by atoms with van der Waals surface area (Å²) in [7, 11) is 0. The molecule has 0 amide bonds. The Hall–Kier alpha value is -2.12. The standard InChI is InChI=1S/C14H23F2N.C14H12N2S2/c1-4-17-7-5-14(16,6-8-17)10-13(3)9-12(13)11(2)15;1-10-5-7-11(8-6-10)16-18-13-4-2-3-12-14(13)15-9-17-12/h4,11-12H,1,5-10H2,2-3H3;2-9,16H,1H3. The van der Waals surface area contributed by atoms with Crippen LogP contribution in [-0.4, -0.2) is 34.8 Å². The number of rotatable bonds is 7. The highest BCUT2D eigenvalue weighted by atomic mass is 32.2. The molecule has 2 fully saturated rings. The number of benzene rings is 2. The maximum absolute atomic E-state index is 14.7. The molecule has 188 valence electrons. The van der Waals surface area contributed by atoms with Crippen molar-refractivity contribution in [3.05, 3.63) is 66.3 Å². The Morgan fingerprint density at radius 1 is 1.26 bits per heavy atom. The molecule has 35 heavy (non-hydrogen) atoms. The number of aryl methyl sites for hydroxylation is 1. The number of likely N-dealkylation sites (tertiary alicyclic amines) is 1. The van der Waals surface area contributed by atoms with E-state index in [-0.39, 0.29) is 11.3 Å². The van der Waals surface area contributed by atoms with Crippen LogP contribution in [0.15, 0.2) is 65.6 Å². The molecular weight excluding hydrogens is 480 g/mol. The van der Waals surface area contributed by atoms with Crippen LogP contribution in [0.25, 0.3) is 10.2 Å². The predicted octanol–water partition coefficient (Wildman–Crippen LogP) is 8.43. The van der Waals surface area contributed by atoms with Gasteiger partial charge in [-0.25, -0.2) is 13.8 Å². The Morgan fingerprint density at radius 2 is 1.97 bits per heavy atom. The highest BCUT2D eigenvalue weighted by Crippen LogP contribution is 2.60. The molecule has 0 bridgehead atoms. The number of piperidine rings is 1. The molecule has 7 heteroatoms. The summed E-state index contributed by atoms with van der Waals surface area (Å²) in [6.07, 6.45) is 3.48. The topological polar surface area (TPSA) is 28.2 Å². The van der Waals surface area contributed by atoms with Crippen LogP contribution in [0.3, 0.4) is 0 Å². The van der Waals surface area contributed by atoms with Crippen LogP contribution in [0.4, 0.5) is 14.5 Å². The van der Waals surface area contributed by atoms with Crippen molar-refractivity contribution in [2.45, 2.75) is 63.2 Å². The van der Waals surface area contributed by atoms with Gasteiger partial charge in [0.15, 0.2) is 0 Å². The minimum Gasteiger partial charge on any atom is -0.378 e. The Morgan fingerprint density at radius 3 is 2.60 bits per heavy atom. The second-order valence-electron chi connectivity index (χ2n) is 10.2. The number of anilines is 1. The van der Waals surface area contributed by atoms with Crippen LogP contribution >= 0.6 is 23.3 Å². The van der Waals surface area contributed by atoms with Gasteiger partial charge in [-0.15, -0.1) is 11.3 Å². The number of nitrogens with zero attached hydrogens (tertiary/aromatic N) is 2. The normalized spacial score (nSPS) is 23.8. The third-order valence-electron chi connectivity index (χ3n) is 7.30. The number of nitrogens with one attached hydrogen (secondary N) is 1. The summed E-state index contributed by atoms with van der Waals surface area (Å²) < 4.78 is 32.5. The summed E-state index contributed by atoms with van der Waals surface area (Å²) in [4.78, 5) is 7.62. The molecule has 0 spiro atoms. The van der Waals surface area contributed by atoms with Gasteiger partial charge in [-0.3, -0.25) is 0 Å². The molecule has 2 heterocycles. The Balaban J connectivity index is 0.000000165. The number of aromatic nitrogens is 1. The number of alkyl halides is 2. The summed E-state index contributed by atoms with van der Waals surface area (Å²) in [5, 5.41) is 0. The zero-order valence-corrected chi connectivity index (χ0v) is 22.4. The van der Waals surface area contributed by atoms with Gasteiger partial charge in [-0.1, -0.05) is 37.3 Å². The summed E-state index contributed by atoms with van der Waals surface area (Å²) in [6, 6.07) is 14.6. The fraction of sp³-hybridized carbons (Fsp3) is 0.464. The van der Waals surface area contributed by atoms with Gasteiger partial charge in [0.1, 0.15) is 11.8 Å². The third-order valence-corrected chi connectivity index (χ3v) is 8.98. The molecule has 3 nitrogen and oxygen atoms in total. The smallest absolute Gasteiger partial charge is 0.115 e. The zero-order valence-electron chi connectivity index (χ0n) is 20.8. The van der Waals surface area contributed by atoms with Gasteiger partial charge < -0.3 is 9.62 Å². The largest absolute Gasteiger partial charge is 0.378 e. The van der Waals surface area contributed by atoms with Crippen molar-refractivity contribution < 1.29 is 8.78 Å². The van der Waals surface area contributed by atoms with Gasteiger partial charge >= 0.3 is 0 Å². The van der Waals surface area contributed by atoms with E-state index in [0.29, 0.717) is 19.3 Å². The van der Waals surface area contributed by atoms with Crippen molar-refractivity contribution in [3.63, 3.8) is 0 Å².